The zero-order valence-electron chi connectivity index (χ0n) is 15.8. The topological polar surface area (TPSA) is 90.9 Å². The Hall–Kier alpha value is -2.85. The van der Waals surface area contributed by atoms with E-state index in [1.165, 1.54) is 32.4 Å². The first-order valence-corrected chi connectivity index (χ1v) is 10.7. The van der Waals surface area contributed by atoms with E-state index >= 15 is 0 Å². The fraction of sp³-hybridized carbons (Fsp3) is 0.211. The van der Waals surface area contributed by atoms with E-state index in [0.717, 1.165) is 17.4 Å². The summed E-state index contributed by atoms with van der Waals surface area (Å²) in [6, 6.07) is 8.61. The summed E-state index contributed by atoms with van der Waals surface area (Å²) in [6.45, 7) is 1.65. The van der Waals surface area contributed by atoms with Gasteiger partial charge in [-0.25, -0.2) is 17.6 Å². The summed E-state index contributed by atoms with van der Waals surface area (Å²) in [5.41, 5.74) is 0.110. The smallest absolute Gasteiger partial charge is 0.349 e. The maximum absolute atomic E-state index is 14.5. The molecule has 2 aromatic carbocycles. The van der Waals surface area contributed by atoms with Gasteiger partial charge in [-0.15, -0.1) is 11.3 Å². The number of rotatable bonds is 7. The van der Waals surface area contributed by atoms with E-state index in [0.29, 0.717) is 10.4 Å². The van der Waals surface area contributed by atoms with Gasteiger partial charge in [0.05, 0.1) is 26.5 Å². The second kappa shape index (κ2) is 8.26. The Labute approximate surface area is 171 Å². The van der Waals surface area contributed by atoms with E-state index in [-0.39, 0.29) is 28.3 Å². The lowest BCUT2D eigenvalue weighted by Crippen LogP contribution is -2.17. The SMILES string of the molecule is CCOC(=O)c1sc2cccc(F)c2c1S(=O)(=O)Nc1ccc(OC)cc1OC. The summed E-state index contributed by atoms with van der Waals surface area (Å²) < 4.78 is 58.9. The number of esters is 1. The van der Waals surface area contributed by atoms with Gasteiger partial charge in [0.2, 0.25) is 0 Å². The number of anilines is 1. The lowest BCUT2D eigenvalue weighted by atomic mass is 10.2. The van der Waals surface area contributed by atoms with E-state index in [2.05, 4.69) is 4.72 Å². The molecule has 0 amide bonds. The number of sulfonamides is 1. The Morgan fingerprint density at radius 2 is 1.93 bits per heavy atom. The average Bonchev–Trinajstić information content (AvgIpc) is 3.10. The van der Waals surface area contributed by atoms with Crippen molar-refractivity contribution in [2.24, 2.45) is 0 Å². The maximum atomic E-state index is 14.5. The van der Waals surface area contributed by atoms with Gasteiger partial charge >= 0.3 is 5.97 Å². The van der Waals surface area contributed by atoms with Crippen molar-refractivity contribution in [3.05, 3.63) is 47.1 Å². The zero-order valence-corrected chi connectivity index (χ0v) is 17.4. The third-order valence-corrected chi connectivity index (χ3v) is 6.70. The van der Waals surface area contributed by atoms with Crippen LogP contribution in [0.4, 0.5) is 10.1 Å². The highest BCUT2D eigenvalue weighted by atomic mass is 32.2. The molecule has 0 bridgehead atoms. The number of hydrogen-bond acceptors (Lipinski definition) is 7. The summed E-state index contributed by atoms with van der Waals surface area (Å²) in [5, 5.41) is -0.166. The van der Waals surface area contributed by atoms with Gasteiger partial charge in [-0.2, -0.15) is 0 Å². The Morgan fingerprint density at radius 1 is 1.17 bits per heavy atom. The third-order valence-electron chi connectivity index (χ3n) is 4.00. The molecule has 0 unspecified atom stereocenters. The van der Waals surface area contributed by atoms with Crippen LogP contribution >= 0.6 is 11.3 Å². The number of thiophene rings is 1. The van der Waals surface area contributed by atoms with E-state index < -0.39 is 26.7 Å². The quantitative estimate of drug-likeness (QED) is 0.559. The highest BCUT2D eigenvalue weighted by molar-refractivity contribution is 7.93. The van der Waals surface area contributed by atoms with Gasteiger partial charge in [0.15, 0.2) is 0 Å². The molecule has 0 radical (unpaired) electrons. The molecule has 7 nitrogen and oxygen atoms in total. The number of halogens is 1. The molecular formula is C19H18FNO6S2. The minimum absolute atomic E-state index is 0.0504. The monoisotopic (exact) mass is 439 g/mol. The average molecular weight is 439 g/mol. The molecular weight excluding hydrogens is 421 g/mol. The molecule has 3 aromatic rings. The molecule has 0 spiro atoms. The Balaban J connectivity index is 2.18. The fourth-order valence-corrected chi connectivity index (χ4v) is 5.63. The van der Waals surface area contributed by atoms with Crippen LogP contribution in [-0.4, -0.2) is 35.2 Å². The number of methoxy groups -OCH3 is 2. The molecule has 0 saturated heterocycles. The maximum Gasteiger partial charge on any atom is 0.349 e. The van der Waals surface area contributed by atoms with Crippen molar-refractivity contribution in [1.29, 1.82) is 0 Å². The minimum atomic E-state index is -4.37. The first kappa shape index (κ1) is 20.9. The summed E-state index contributed by atoms with van der Waals surface area (Å²) in [7, 11) is -1.53. The van der Waals surface area contributed by atoms with Crippen molar-refractivity contribution in [1.82, 2.24) is 0 Å². The molecule has 0 atom stereocenters. The summed E-state index contributed by atoms with van der Waals surface area (Å²) >= 11 is 0.855. The number of hydrogen-bond donors (Lipinski definition) is 1. The van der Waals surface area contributed by atoms with E-state index in [1.54, 1.807) is 19.1 Å². The van der Waals surface area contributed by atoms with Crippen molar-refractivity contribution in [3.63, 3.8) is 0 Å². The highest BCUT2D eigenvalue weighted by Gasteiger charge is 2.31. The van der Waals surface area contributed by atoms with E-state index in [4.69, 9.17) is 14.2 Å². The van der Waals surface area contributed by atoms with Crippen molar-refractivity contribution >= 4 is 43.1 Å². The number of ether oxygens (including phenoxy) is 3. The molecule has 29 heavy (non-hydrogen) atoms. The molecule has 0 aliphatic heterocycles. The van der Waals surface area contributed by atoms with Gasteiger partial charge in [0, 0.05) is 16.2 Å². The van der Waals surface area contributed by atoms with Crippen LogP contribution in [0.3, 0.4) is 0 Å². The van der Waals surface area contributed by atoms with Crippen molar-refractivity contribution < 1.29 is 31.8 Å². The van der Waals surface area contributed by atoms with Gasteiger partial charge < -0.3 is 14.2 Å². The van der Waals surface area contributed by atoms with E-state index in [9.17, 15) is 17.6 Å². The van der Waals surface area contributed by atoms with Crippen LogP contribution in [-0.2, 0) is 14.8 Å². The summed E-state index contributed by atoms with van der Waals surface area (Å²) in [5.74, 6) is -0.929. The zero-order chi connectivity index (χ0) is 21.2. The molecule has 0 aliphatic carbocycles. The van der Waals surface area contributed by atoms with Crippen molar-refractivity contribution in [3.8, 4) is 11.5 Å². The number of benzene rings is 2. The number of nitrogens with one attached hydrogen (secondary N) is 1. The largest absolute Gasteiger partial charge is 0.497 e. The Kier molecular flexibility index (Phi) is 5.94. The number of carbonyl (C=O) groups is 1. The van der Waals surface area contributed by atoms with Crippen LogP contribution in [0.2, 0.25) is 0 Å². The summed E-state index contributed by atoms with van der Waals surface area (Å²) in [6.07, 6.45) is 0. The normalized spacial score (nSPS) is 11.3. The standard InChI is InChI=1S/C19H18FNO6S2/c1-4-27-19(22)17-18(16-12(20)6-5-7-15(16)28-17)29(23,24)21-13-9-8-11(25-2)10-14(13)26-3/h5-10,21H,4H2,1-3H3. The Morgan fingerprint density at radius 3 is 2.59 bits per heavy atom. The van der Waals surface area contributed by atoms with Gasteiger partial charge in [-0.05, 0) is 31.2 Å². The fourth-order valence-electron chi connectivity index (χ4n) is 2.75. The molecule has 1 aromatic heterocycles. The number of fused-ring (bicyclic) bond motifs is 1. The van der Waals surface area contributed by atoms with Crippen molar-refractivity contribution in [2.45, 2.75) is 11.8 Å². The van der Waals surface area contributed by atoms with Crippen LogP contribution in [0.15, 0.2) is 41.3 Å². The molecule has 10 heteroatoms. The van der Waals surface area contributed by atoms with Crippen LogP contribution in [0.25, 0.3) is 10.1 Å². The predicted molar refractivity (Wildman–Crippen MR) is 108 cm³/mol. The second-order valence-corrected chi connectivity index (χ2v) is 8.44. The van der Waals surface area contributed by atoms with Gasteiger partial charge in [0.1, 0.15) is 27.1 Å². The molecule has 1 heterocycles. The molecule has 0 fully saturated rings. The second-order valence-electron chi connectivity index (χ2n) is 5.77. The summed E-state index contributed by atoms with van der Waals surface area (Å²) in [4.78, 5) is 11.7. The van der Waals surface area contributed by atoms with Crippen LogP contribution in [0, 0.1) is 5.82 Å². The van der Waals surface area contributed by atoms with Crippen LogP contribution < -0.4 is 14.2 Å². The van der Waals surface area contributed by atoms with Crippen molar-refractivity contribution in [2.75, 3.05) is 25.5 Å². The first-order chi connectivity index (χ1) is 13.8. The molecule has 154 valence electrons. The first-order valence-electron chi connectivity index (χ1n) is 8.45. The molecule has 0 saturated carbocycles. The minimum Gasteiger partial charge on any atom is -0.497 e. The van der Waals surface area contributed by atoms with Gasteiger partial charge in [-0.1, -0.05) is 6.07 Å². The molecule has 0 aliphatic rings. The molecule has 1 N–H and O–H groups in total. The van der Waals surface area contributed by atoms with Crippen LogP contribution in [0.5, 0.6) is 11.5 Å². The predicted octanol–water partition coefficient (Wildman–Crippen LogP) is 4.04. The molecule has 3 rings (SSSR count). The Bertz CT molecular complexity index is 1170. The third kappa shape index (κ3) is 3.99. The highest BCUT2D eigenvalue weighted by Crippen LogP contribution is 2.39. The number of carbonyl (C=O) groups excluding carboxylic acids is 1. The lowest BCUT2D eigenvalue weighted by Gasteiger charge is -2.13. The van der Waals surface area contributed by atoms with E-state index in [1.807, 2.05) is 0 Å². The van der Waals surface area contributed by atoms with Crippen LogP contribution in [0.1, 0.15) is 16.6 Å². The lowest BCUT2D eigenvalue weighted by molar-refractivity contribution is 0.0528. The van der Waals surface area contributed by atoms with Gasteiger partial charge in [0.25, 0.3) is 10.0 Å². The van der Waals surface area contributed by atoms with Gasteiger partial charge in [-0.3, -0.25) is 4.72 Å².